The lowest BCUT2D eigenvalue weighted by atomic mass is 10.1. The lowest BCUT2D eigenvalue weighted by molar-refractivity contribution is -0.149. The van der Waals surface area contributed by atoms with Crippen LogP contribution in [0.4, 0.5) is 0 Å². The van der Waals surface area contributed by atoms with Crippen LogP contribution in [0.2, 0.25) is 0 Å². The average Bonchev–Trinajstić information content (AvgIpc) is 2.88. The molecule has 0 aliphatic carbocycles. The summed E-state index contributed by atoms with van der Waals surface area (Å²) in [7, 11) is 0. The molecule has 20 heavy (non-hydrogen) atoms. The minimum atomic E-state index is -0.977. The average molecular weight is 279 g/mol. The van der Waals surface area contributed by atoms with E-state index in [1.165, 1.54) is 6.07 Å². The zero-order valence-corrected chi connectivity index (χ0v) is 11.1. The Morgan fingerprint density at radius 3 is 2.80 bits per heavy atom. The highest BCUT2D eigenvalue weighted by molar-refractivity contribution is 5.97. The van der Waals surface area contributed by atoms with Gasteiger partial charge >= 0.3 is 5.97 Å². The van der Waals surface area contributed by atoms with E-state index in [0.717, 1.165) is 5.56 Å². The summed E-state index contributed by atoms with van der Waals surface area (Å²) >= 11 is 0. The van der Waals surface area contributed by atoms with Gasteiger partial charge in [0.25, 0.3) is 5.91 Å². The van der Waals surface area contributed by atoms with E-state index in [9.17, 15) is 14.7 Å². The van der Waals surface area contributed by atoms with Crippen molar-refractivity contribution in [2.45, 2.75) is 32.0 Å². The zero-order valence-electron chi connectivity index (χ0n) is 11.1. The Bertz CT molecular complexity index is 528. The molecule has 1 fully saturated rings. The molecule has 6 heteroatoms. The number of carbonyl (C=O) groups excluding carboxylic acids is 1. The van der Waals surface area contributed by atoms with E-state index in [0.29, 0.717) is 12.8 Å². The molecule has 0 bridgehead atoms. The van der Waals surface area contributed by atoms with Crippen LogP contribution in [0.3, 0.4) is 0 Å². The first-order valence-corrected chi connectivity index (χ1v) is 6.43. The SMILES string of the molecule is Cc1ccc(O)c(C(=O)NCC2CCC(C(=O)O)O2)c1. The molecule has 1 saturated heterocycles. The topological polar surface area (TPSA) is 95.9 Å². The number of ether oxygens (including phenoxy) is 1. The second-order valence-electron chi connectivity index (χ2n) is 4.89. The third kappa shape index (κ3) is 3.27. The third-order valence-corrected chi connectivity index (χ3v) is 3.27. The number of hydrogen-bond donors (Lipinski definition) is 3. The molecule has 1 amide bonds. The van der Waals surface area contributed by atoms with Crippen LogP contribution in [-0.2, 0) is 9.53 Å². The number of aliphatic carboxylic acids is 1. The molecular weight excluding hydrogens is 262 g/mol. The Labute approximate surface area is 116 Å². The number of hydrogen-bond acceptors (Lipinski definition) is 4. The van der Waals surface area contributed by atoms with Gasteiger partial charge in [0.05, 0.1) is 11.7 Å². The highest BCUT2D eigenvalue weighted by Crippen LogP contribution is 2.20. The van der Waals surface area contributed by atoms with Crippen molar-refractivity contribution in [3.8, 4) is 5.75 Å². The Morgan fingerprint density at radius 1 is 1.40 bits per heavy atom. The van der Waals surface area contributed by atoms with E-state index in [-0.39, 0.29) is 24.0 Å². The summed E-state index contributed by atoms with van der Waals surface area (Å²) in [5.41, 5.74) is 1.08. The summed E-state index contributed by atoms with van der Waals surface area (Å²) in [6.07, 6.45) is -0.0425. The van der Waals surface area contributed by atoms with Gasteiger partial charge in [-0.1, -0.05) is 11.6 Å². The molecule has 2 unspecified atom stereocenters. The number of aromatic hydroxyl groups is 1. The molecule has 6 nitrogen and oxygen atoms in total. The number of benzene rings is 1. The standard InChI is InChI=1S/C14H17NO5/c1-8-2-4-11(16)10(6-8)13(17)15-7-9-3-5-12(20-9)14(18)19/h2,4,6,9,12,16H,3,5,7H2,1H3,(H,15,17)(H,18,19). The molecule has 0 saturated carbocycles. The molecule has 1 aromatic carbocycles. The van der Waals surface area contributed by atoms with E-state index in [1.807, 2.05) is 6.92 Å². The van der Waals surface area contributed by atoms with Gasteiger partial charge in [-0.3, -0.25) is 4.79 Å². The van der Waals surface area contributed by atoms with Gasteiger partial charge in [-0.2, -0.15) is 0 Å². The van der Waals surface area contributed by atoms with Crippen molar-refractivity contribution in [3.05, 3.63) is 29.3 Å². The first kappa shape index (κ1) is 14.3. The minimum Gasteiger partial charge on any atom is -0.507 e. The van der Waals surface area contributed by atoms with Gasteiger partial charge in [-0.05, 0) is 31.9 Å². The summed E-state index contributed by atoms with van der Waals surface area (Å²) in [6, 6.07) is 4.78. The predicted octanol–water partition coefficient (Wildman–Crippen LogP) is 1.06. The van der Waals surface area contributed by atoms with Crippen LogP contribution in [-0.4, -0.2) is 40.8 Å². The van der Waals surface area contributed by atoms with Crippen LogP contribution in [0.5, 0.6) is 5.75 Å². The maximum atomic E-state index is 11.9. The lowest BCUT2D eigenvalue weighted by Crippen LogP contribution is -2.33. The molecule has 0 spiro atoms. The van der Waals surface area contributed by atoms with Gasteiger partial charge in [0.1, 0.15) is 5.75 Å². The molecular formula is C14H17NO5. The van der Waals surface area contributed by atoms with Crippen LogP contribution < -0.4 is 5.32 Å². The van der Waals surface area contributed by atoms with E-state index in [2.05, 4.69) is 5.32 Å². The van der Waals surface area contributed by atoms with E-state index in [1.54, 1.807) is 12.1 Å². The number of phenols is 1. The Kier molecular flexibility index (Phi) is 4.24. The molecule has 108 valence electrons. The number of amides is 1. The minimum absolute atomic E-state index is 0.0798. The molecule has 2 rings (SSSR count). The number of carboxylic acid groups (broad SMARTS) is 1. The maximum Gasteiger partial charge on any atom is 0.332 e. The normalized spacial score (nSPS) is 21.6. The van der Waals surface area contributed by atoms with Gasteiger partial charge in [-0.15, -0.1) is 0 Å². The number of carboxylic acids is 1. The number of nitrogens with one attached hydrogen (secondary N) is 1. The number of rotatable bonds is 4. The van der Waals surface area contributed by atoms with Gasteiger partial charge in [0.2, 0.25) is 0 Å². The summed E-state index contributed by atoms with van der Waals surface area (Å²) in [6.45, 7) is 2.06. The first-order valence-electron chi connectivity index (χ1n) is 6.43. The molecule has 1 aromatic rings. The number of carbonyl (C=O) groups is 2. The molecule has 0 radical (unpaired) electrons. The van der Waals surface area contributed by atoms with Crippen LogP contribution in [0.25, 0.3) is 0 Å². The fourth-order valence-corrected chi connectivity index (χ4v) is 2.17. The highest BCUT2D eigenvalue weighted by atomic mass is 16.5. The second kappa shape index (κ2) is 5.92. The molecule has 2 atom stereocenters. The smallest absolute Gasteiger partial charge is 0.332 e. The Morgan fingerprint density at radius 2 is 2.15 bits per heavy atom. The monoisotopic (exact) mass is 279 g/mol. The van der Waals surface area contributed by atoms with E-state index < -0.39 is 18.0 Å². The highest BCUT2D eigenvalue weighted by Gasteiger charge is 2.30. The van der Waals surface area contributed by atoms with Gasteiger partial charge < -0.3 is 20.3 Å². The van der Waals surface area contributed by atoms with Crippen molar-refractivity contribution in [1.82, 2.24) is 5.32 Å². The van der Waals surface area contributed by atoms with Crippen LogP contribution >= 0.6 is 0 Å². The van der Waals surface area contributed by atoms with Gasteiger partial charge in [0, 0.05) is 6.54 Å². The Hall–Kier alpha value is -2.08. The van der Waals surface area contributed by atoms with Crippen molar-refractivity contribution in [2.24, 2.45) is 0 Å². The van der Waals surface area contributed by atoms with Crippen LogP contribution in [0.1, 0.15) is 28.8 Å². The molecule has 1 aliphatic rings. The van der Waals surface area contributed by atoms with Crippen molar-refractivity contribution < 1.29 is 24.5 Å². The first-order chi connectivity index (χ1) is 9.47. The maximum absolute atomic E-state index is 11.9. The Balaban J connectivity index is 1.90. The van der Waals surface area contributed by atoms with Gasteiger partial charge in [-0.25, -0.2) is 4.79 Å². The van der Waals surface area contributed by atoms with Crippen LogP contribution in [0.15, 0.2) is 18.2 Å². The molecule has 1 aliphatic heterocycles. The van der Waals surface area contributed by atoms with Gasteiger partial charge in [0.15, 0.2) is 6.10 Å². The number of phenolic OH excluding ortho intramolecular Hbond substituents is 1. The van der Waals surface area contributed by atoms with E-state index in [4.69, 9.17) is 9.84 Å². The summed E-state index contributed by atoms with van der Waals surface area (Å²) in [5.74, 6) is -1.45. The van der Waals surface area contributed by atoms with Crippen molar-refractivity contribution in [1.29, 1.82) is 0 Å². The largest absolute Gasteiger partial charge is 0.507 e. The predicted molar refractivity (Wildman–Crippen MR) is 70.7 cm³/mol. The molecule has 0 aromatic heterocycles. The molecule has 1 heterocycles. The van der Waals surface area contributed by atoms with Crippen molar-refractivity contribution in [3.63, 3.8) is 0 Å². The summed E-state index contributed by atoms with van der Waals surface area (Å²) in [5, 5.41) is 21.1. The fourth-order valence-electron chi connectivity index (χ4n) is 2.17. The summed E-state index contributed by atoms with van der Waals surface area (Å²) < 4.78 is 5.29. The zero-order chi connectivity index (χ0) is 14.7. The number of aryl methyl sites for hydroxylation is 1. The lowest BCUT2D eigenvalue weighted by Gasteiger charge is -2.13. The third-order valence-electron chi connectivity index (χ3n) is 3.27. The summed E-state index contributed by atoms with van der Waals surface area (Å²) in [4.78, 5) is 22.7. The van der Waals surface area contributed by atoms with Crippen LogP contribution in [0, 0.1) is 6.92 Å². The van der Waals surface area contributed by atoms with E-state index >= 15 is 0 Å². The second-order valence-corrected chi connectivity index (χ2v) is 4.89. The quantitative estimate of drug-likeness (QED) is 0.766. The van der Waals surface area contributed by atoms with Crippen molar-refractivity contribution in [2.75, 3.05) is 6.54 Å². The van der Waals surface area contributed by atoms with Crippen molar-refractivity contribution >= 4 is 11.9 Å². The fraction of sp³-hybridized carbons (Fsp3) is 0.429. The molecule has 3 N–H and O–H groups in total.